The van der Waals surface area contributed by atoms with Gasteiger partial charge in [-0.3, -0.25) is 4.68 Å². The second-order valence-corrected chi connectivity index (χ2v) is 4.08. The molecule has 1 aromatic carbocycles. The number of halogens is 1. The SMILES string of the molecule is Cn1cc(OCc2ccccc2Br)cn1. The second kappa shape index (κ2) is 4.49. The lowest BCUT2D eigenvalue weighted by Gasteiger charge is -2.04. The summed E-state index contributed by atoms with van der Waals surface area (Å²) in [6.45, 7) is 0.549. The van der Waals surface area contributed by atoms with Crippen LogP contribution in [0.5, 0.6) is 5.75 Å². The lowest BCUT2D eigenvalue weighted by Crippen LogP contribution is -1.95. The number of ether oxygens (including phenoxy) is 1. The van der Waals surface area contributed by atoms with E-state index < -0.39 is 0 Å². The van der Waals surface area contributed by atoms with Gasteiger partial charge < -0.3 is 4.74 Å². The summed E-state index contributed by atoms with van der Waals surface area (Å²) in [5.74, 6) is 0.785. The number of benzene rings is 1. The molecule has 15 heavy (non-hydrogen) atoms. The van der Waals surface area contributed by atoms with E-state index in [-0.39, 0.29) is 0 Å². The van der Waals surface area contributed by atoms with Crippen LogP contribution in [0.1, 0.15) is 5.56 Å². The highest BCUT2D eigenvalue weighted by Gasteiger charge is 2.00. The average molecular weight is 267 g/mol. The lowest BCUT2D eigenvalue weighted by molar-refractivity contribution is 0.305. The topological polar surface area (TPSA) is 27.1 Å². The molecule has 0 saturated carbocycles. The second-order valence-electron chi connectivity index (χ2n) is 3.23. The van der Waals surface area contributed by atoms with Gasteiger partial charge in [-0.05, 0) is 6.07 Å². The molecule has 0 aliphatic heterocycles. The molecule has 78 valence electrons. The minimum atomic E-state index is 0.549. The van der Waals surface area contributed by atoms with Crippen molar-refractivity contribution in [1.82, 2.24) is 9.78 Å². The average Bonchev–Trinajstić information content (AvgIpc) is 2.63. The maximum absolute atomic E-state index is 5.58. The van der Waals surface area contributed by atoms with Crippen LogP contribution in [0.15, 0.2) is 41.1 Å². The van der Waals surface area contributed by atoms with Crippen molar-refractivity contribution in [3.8, 4) is 5.75 Å². The van der Waals surface area contributed by atoms with E-state index in [1.807, 2.05) is 37.5 Å². The van der Waals surface area contributed by atoms with Crippen molar-refractivity contribution in [2.24, 2.45) is 7.05 Å². The number of aromatic nitrogens is 2. The first-order chi connectivity index (χ1) is 7.25. The van der Waals surface area contributed by atoms with Gasteiger partial charge >= 0.3 is 0 Å². The van der Waals surface area contributed by atoms with E-state index >= 15 is 0 Å². The highest BCUT2D eigenvalue weighted by atomic mass is 79.9. The van der Waals surface area contributed by atoms with Crippen LogP contribution in [-0.2, 0) is 13.7 Å². The molecule has 0 unspecified atom stereocenters. The number of hydrogen-bond donors (Lipinski definition) is 0. The molecule has 0 spiro atoms. The third kappa shape index (κ3) is 2.59. The number of rotatable bonds is 3. The minimum absolute atomic E-state index is 0.549. The van der Waals surface area contributed by atoms with Crippen molar-refractivity contribution in [3.63, 3.8) is 0 Å². The molecule has 0 aliphatic carbocycles. The van der Waals surface area contributed by atoms with Crippen LogP contribution in [-0.4, -0.2) is 9.78 Å². The van der Waals surface area contributed by atoms with Crippen molar-refractivity contribution in [3.05, 3.63) is 46.7 Å². The summed E-state index contributed by atoms with van der Waals surface area (Å²) in [5, 5.41) is 4.03. The van der Waals surface area contributed by atoms with Crippen molar-refractivity contribution in [2.45, 2.75) is 6.61 Å². The molecule has 0 atom stereocenters. The van der Waals surface area contributed by atoms with Gasteiger partial charge in [0.2, 0.25) is 0 Å². The summed E-state index contributed by atoms with van der Waals surface area (Å²) in [6, 6.07) is 8.01. The van der Waals surface area contributed by atoms with E-state index in [1.165, 1.54) is 0 Å². The summed E-state index contributed by atoms with van der Waals surface area (Å²) in [4.78, 5) is 0. The van der Waals surface area contributed by atoms with E-state index in [9.17, 15) is 0 Å². The van der Waals surface area contributed by atoms with Crippen LogP contribution < -0.4 is 4.74 Å². The summed E-state index contributed by atoms with van der Waals surface area (Å²) in [7, 11) is 1.87. The van der Waals surface area contributed by atoms with Crippen LogP contribution in [0, 0.1) is 0 Å². The van der Waals surface area contributed by atoms with Crippen molar-refractivity contribution in [2.75, 3.05) is 0 Å². The van der Waals surface area contributed by atoms with Crippen LogP contribution in [0.3, 0.4) is 0 Å². The normalized spacial score (nSPS) is 10.3. The monoisotopic (exact) mass is 266 g/mol. The Balaban J connectivity index is 2.02. The molecule has 2 aromatic rings. The molecule has 0 radical (unpaired) electrons. The van der Waals surface area contributed by atoms with Crippen molar-refractivity contribution >= 4 is 15.9 Å². The summed E-state index contributed by atoms with van der Waals surface area (Å²) < 4.78 is 8.36. The maximum atomic E-state index is 5.58. The zero-order valence-corrected chi connectivity index (χ0v) is 9.94. The molecule has 0 N–H and O–H groups in total. The lowest BCUT2D eigenvalue weighted by atomic mass is 10.2. The molecule has 4 heteroatoms. The summed E-state index contributed by atoms with van der Waals surface area (Å²) in [5.41, 5.74) is 1.13. The van der Waals surface area contributed by atoms with E-state index in [0.29, 0.717) is 6.61 Å². The van der Waals surface area contributed by atoms with Gasteiger partial charge in [0.15, 0.2) is 5.75 Å². The van der Waals surface area contributed by atoms with Gasteiger partial charge in [-0.1, -0.05) is 34.1 Å². The first-order valence-corrected chi connectivity index (χ1v) is 5.40. The molecule has 0 aliphatic rings. The van der Waals surface area contributed by atoms with Gasteiger partial charge in [-0.15, -0.1) is 0 Å². The van der Waals surface area contributed by atoms with Crippen molar-refractivity contribution in [1.29, 1.82) is 0 Å². The third-order valence-corrected chi connectivity index (χ3v) is 2.81. The van der Waals surface area contributed by atoms with E-state index in [4.69, 9.17) is 4.74 Å². The Morgan fingerprint density at radius 1 is 1.40 bits per heavy atom. The van der Waals surface area contributed by atoms with Crippen LogP contribution in [0.25, 0.3) is 0 Å². The van der Waals surface area contributed by atoms with Crippen LogP contribution in [0.2, 0.25) is 0 Å². The van der Waals surface area contributed by atoms with Gasteiger partial charge in [0.1, 0.15) is 6.61 Å². The standard InChI is InChI=1S/C11H11BrN2O/c1-14-7-10(6-13-14)15-8-9-4-2-3-5-11(9)12/h2-7H,8H2,1H3. The molecular weight excluding hydrogens is 256 g/mol. The summed E-state index contributed by atoms with van der Waals surface area (Å²) in [6.07, 6.45) is 3.55. The molecule has 0 amide bonds. The number of aryl methyl sites for hydroxylation is 1. The predicted octanol–water partition coefficient (Wildman–Crippen LogP) is 2.76. The quantitative estimate of drug-likeness (QED) is 0.855. The largest absolute Gasteiger partial charge is 0.486 e. The fraction of sp³-hybridized carbons (Fsp3) is 0.182. The smallest absolute Gasteiger partial charge is 0.157 e. The zero-order chi connectivity index (χ0) is 10.7. The molecule has 1 aromatic heterocycles. The Bertz CT molecular complexity index is 453. The Morgan fingerprint density at radius 3 is 2.87 bits per heavy atom. The Morgan fingerprint density at radius 2 is 2.20 bits per heavy atom. The third-order valence-electron chi connectivity index (χ3n) is 2.03. The van der Waals surface area contributed by atoms with Gasteiger partial charge in [0.05, 0.1) is 12.4 Å². The molecule has 1 heterocycles. The van der Waals surface area contributed by atoms with Gasteiger partial charge in [0, 0.05) is 17.1 Å². The highest BCUT2D eigenvalue weighted by Crippen LogP contribution is 2.18. The highest BCUT2D eigenvalue weighted by molar-refractivity contribution is 9.10. The maximum Gasteiger partial charge on any atom is 0.157 e. The van der Waals surface area contributed by atoms with Gasteiger partial charge in [-0.25, -0.2) is 0 Å². The fourth-order valence-corrected chi connectivity index (χ4v) is 1.65. The van der Waals surface area contributed by atoms with E-state index in [2.05, 4.69) is 21.0 Å². The molecule has 0 bridgehead atoms. The fourth-order valence-electron chi connectivity index (χ4n) is 1.25. The van der Waals surface area contributed by atoms with E-state index in [0.717, 1.165) is 15.8 Å². The Kier molecular flexibility index (Phi) is 3.06. The molecule has 2 rings (SSSR count). The summed E-state index contributed by atoms with van der Waals surface area (Å²) >= 11 is 3.47. The predicted molar refractivity (Wildman–Crippen MR) is 61.7 cm³/mol. The molecular formula is C11H11BrN2O. The molecule has 3 nitrogen and oxygen atoms in total. The van der Waals surface area contributed by atoms with Gasteiger partial charge in [0.25, 0.3) is 0 Å². The first-order valence-electron chi connectivity index (χ1n) is 4.60. The van der Waals surface area contributed by atoms with E-state index in [1.54, 1.807) is 10.9 Å². The number of nitrogens with zero attached hydrogens (tertiary/aromatic N) is 2. The zero-order valence-electron chi connectivity index (χ0n) is 8.35. The molecule has 0 fully saturated rings. The minimum Gasteiger partial charge on any atom is -0.486 e. The Hall–Kier alpha value is -1.29. The first kappa shape index (κ1) is 10.2. The Labute approximate surface area is 96.8 Å². The van der Waals surface area contributed by atoms with Crippen LogP contribution in [0.4, 0.5) is 0 Å². The molecule has 0 saturated heterocycles. The van der Waals surface area contributed by atoms with Gasteiger partial charge in [-0.2, -0.15) is 5.10 Å². The number of hydrogen-bond acceptors (Lipinski definition) is 2. The van der Waals surface area contributed by atoms with Crippen molar-refractivity contribution < 1.29 is 4.74 Å². The van der Waals surface area contributed by atoms with Crippen LogP contribution >= 0.6 is 15.9 Å².